The highest BCUT2D eigenvalue weighted by molar-refractivity contribution is 8.00. The lowest BCUT2D eigenvalue weighted by Gasteiger charge is -2.21. The van der Waals surface area contributed by atoms with Crippen LogP contribution in [-0.4, -0.2) is 53.4 Å². The van der Waals surface area contributed by atoms with Gasteiger partial charge in [0.25, 0.3) is 0 Å². The monoisotopic (exact) mass is 331 g/mol. The molecule has 2 atom stereocenters. The molecule has 1 N–H and O–H groups in total. The van der Waals surface area contributed by atoms with E-state index in [2.05, 4.69) is 0 Å². The standard InChI is InChI=1S/C14H15F2NO4S/c1-21-8-4-12(14(19)20)17(6-8)13(18)7-22-9-2-3-10(15)11(16)5-9/h2-3,5,8,12H,4,6-7H2,1H3,(H,19,20). The van der Waals surface area contributed by atoms with Crippen molar-refractivity contribution in [1.29, 1.82) is 0 Å². The summed E-state index contributed by atoms with van der Waals surface area (Å²) in [5.74, 6) is -3.44. The van der Waals surface area contributed by atoms with Crippen LogP contribution in [0.1, 0.15) is 6.42 Å². The molecule has 0 bridgehead atoms. The molecule has 1 aromatic carbocycles. The summed E-state index contributed by atoms with van der Waals surface area (Å²) in [6.45, 7) is 0.213. The van der Waals surface area contributed by atoms with Gasteiger partial charge in [-0.15, -0.1) is 11.8 Å². The Labute approximate surface area is 130 Å². The van der Waals surface area contributed by atoms with E-state index >= 15 is 0 Å². The minimum absolute atomic E-state index is 0.0503. The van der Waals surface area contributed by atoms with Gasteiger partial charge in [0.15, 0.2) is 11.6 Å². The SMILES string of the molecule is COC1CC(C(=O)O)N(C(=O)CSc2ccc(F)c(F)c2)C1. The molecule has 1 amide bonds. The largest absolute Gasteiger partial charge is 0.480 e. The van der Waals surface area contributed by atoms with Crippen molar-refractivity contribution in [2.45, 2.75) is 23.5 Å². The molecule has 1 heterocycles. The normalized spacial score (nSPS) is 21.1. The molecule has 120 valence electrons. The lowest BCUT2D eigenvalue weighted by atomic mass is 10.2. The van der Waals surface area contributed by atoms with E-state index in [1.165, 1.54) is 18.1 Å². The van der Waals surface area contributed by atoms with Crippen molar-refractivity contribution in [3.63, 3.8) is 0 Å². The molecular weight excluding hydrogens is 316 g/mol. The fraction of sp³-hybridized carbons (Fsp3) is 0.429. The third kappa shape index (κ3) is 3.75. The average Bonchev–Trinajstić information content (AvgIpc) is 2.93. The Morgan fingerprint density at radius 3 is 2.73 bits per heavy atom. The van der Waals surface area contributed by atoms with E-state index in [4.69, 9.17) is 9.84 Å². The van der Waals surface area contributed by atoms with E-state index < -0.39 is 23.6 Å². The third-order valence-electron chi connectivity index (χ3n) is 3.45. The number of carboxylic acid groups (broad SMARTS) is 1. The number of nitrogens with zero attached hydrogens (tertiary/aromatic N) is 1. The Kier molecular flexibility index (Phi) is 5.36. The van der Waals surface area contributed by atoms with E-state index in [-0.39, 0.29) is 30.7 Å². The van der Waals surface area contributed by atoms with Crippen LogP contribution in [0.15, 0.2) is 23.1 Å². The Hall–Kier alpha value is -1.67. The predicted octanol–water partition coefficient (Wildman–Crippen LogP) is 1.76. The fourth-order valence-corrected chi connectivity index (χ4v) is 3.08. The highest BCUT2D eigenvalue weighted by atomic mass is 32.2. The summed E-state index contributed by atoms with van der Waals surface area (Å²) in [6, 6.07) is 2.44. The summed E-state index contributed by atoms with van der Waals surface area (Å²) in [5, 5.41) is 9.15. The maximum absolute atomic E-state index is 13.1. The van der Waals surface area contributed by atoms with Crippen LogP contribution in [0.25, 0.3) is 0 Å². The first kappa shape index (κ1) is 16.7. The van der Waals surface area contributed by atoms with Crippen molar-refractivity contribution in [1.82, 2.24) is 4.90 Å². The minimum atomic E-state index is -1.08. The molecule has 1 aliphatic heterocycles. The first-order chi connectivity index (χ1) is 10.4. The molecule has 8 heteroatoms. The lowest BCUT2D eigenvalue weighted by molar-refractivity contribution is -0.147. The number of carbonyl (C=O) groups is 2. The van der Waals surface area contributed by atoms with Crippen LogP contribution < -0.4 is 0 Å². The quantitative estimate of drug-likeness (QED) is 0.833. The van der Waals surface area contributed by atoms with Gasteiger partial charge in [-0.1, -0.05) is 0 Å². The second-order valence-corrected chi connectivity index (χ2v) is 5.91. The van der Waals surface area contributed by atoms with E-state index in [1.807, 2.05) is 0 Å². The highest BCUT2D eigenvalue weighted by Gasteiger charge is 2.39. The van der Waals surface area contributed by atoms with E-state index in [0.29, 0.717) is 4.90 Å². The molecule has 2 rings (SSSR count). The molecule has 1 fully saturated rings. The lowest BCUT2D eigenvalue weighted by Crippen LogP contribution is -2.41. The second kappa shape index (κ2) is 7.06. The number of thioether (sulfide) groups is 1. The van der Waals surface area contributed by atoms with Gasteiger partial charge in [0.1, 0.15) is 6.04 Å². The van der Waals surface area contributed by atoms with Gasteiger partial charge in [0.2, 0.25) is 5.91 Å². The summed E-state index contributed by atoms with van der Waals surface area (Å²) in [5.41, 5.74) is 0. The van der Waals surface area contributed by atoms with Crippen LogP contribution in [0.5, 0.6) is 0 Å². The number of ether oxygens (including phenoxy) is 1. The van der Waals surface area contributed by atoms with Gasteiger partial charge in [-0.2, -0.15) is 0 Å². The first-order valence-electron chi connectivity index (χ1n) is 6.55. The molecule has 2 unspecified atom stereocenters. The number of aliphatic carboxylic acids is 1. The van der Waals surface area contributed by atoms with Gasteiger partial charge in [0.05, 0.1) is 11.9 Å². The molecule has 1 aromatic rings. The summed E-state index contributed by atoms with van der Waals surface area (Å²) < 4.78 is 31.0. The number of benzene rings is 1. The molecule has 1 saturated heterocycles. The smallest absolute Gasteiger partial charge is 0.326 e. The Balaban J connectivity index is 1.98. The van der Waals surface area contributed by atoms with Crippen molar-refractivity contribution >= 4 is 23.6 Å². The van der Waals surface area contributed by atoms with E-state index in [0.717, 1.165) is 23.9 Å². The number of amides is 1. The summed E-state index contributed by atoms with van der Waals surface area (Å²) in [7, 11) is 1.47. The minimum Gasteiger partial charge on any atom is -0.480 e. The zero-order chi connectivity index (χ0) is 16.3. The molecule has 0 saturated carbocycles. The molecule has 5 nitrogen and oxygen atoms in total. The predicted molar refractivity (Wildman–Crippen MR) is 75.6 cm³/mol. The van der Waals surface area contributed by atoms with E-state index in [9.17, 15) is 18.4 Å². The number of carboxylic acids is 1. The number of likely N-dealkylation sites (tertiary alicyclic amines) is 1. The molecular formula is C14H15F2NO4S. The summed E-state index contributed by atoms with van der Waals surface area (Å²) >= 11 is 1.03. The van der Waals surface area contributed by atoms with Crippen LogP contribution >= 0.6 is 11.8 Å². The third-order valence-corrected chi connectivity index (χ3v) is 4.43. The number of hydrogen-bond acceptors (Lipinski definition) is 4. The maximum atomic E-state index is 13.1. The number of halogens is 2. The van der Waals surface area contributed by atoms with Gasteiger partial charge >= 0.3 is 5.97 Å². The first-order valence-corrected chi connectivity index (χ1v) is 7.54. The van der Waals surface area contributed by atoms with Crippen molar-refractivity contribution in [3.05, 3.63) is 29.8 Å². The fourth-order valence-electron chi connectivity index (χ4n) is 2.27. The van der Waals surface area contributed by atoms with Crippen LogP contribution in [0.2, 0.25) is 0 Å². The number of methoxy groups -OCH3 is 1. The molecule has 0 aliphatic carbocycles. The van der Waals surface area contributed by atoms with Crippen molar-refractivity contribution in [2.75, 3.05) is 19.4 Å². The zero-order valence-corrected chi connectivity index (χ0v) is 12.6. The highest BCUT2D eigenvalue weighted by Crippen LogP contribution is 2.24. The van der Waals surface area contributed by atoms with Crippen LogP contribution in [-0.2, 0) is 14.3 Å². The number of rotatable bonds is 5. The number of hydrogen-bond donors (Lipinski definition) is 1. The van der Waals surface area contributed by atoms with Crippen LogP contribution in [0.4, 0.5) is 8.78 Å². The second-order valence-electron chi connectivity index (χ2n) is 4.86. The van der Waals surface area contributed by atoms with Gasteiger partial charge in [-0.25, -0.2) is 13.6 Å². The molecule has 0 radical (unpaired) electrons. The van der Waals surface area contributed by atoms with Crippen LogP contribution in [0, 0.1) is 11.6 Å². The van der Waals surface area contributed by atoms with Gasteiger partial charge in [-0.3, -0.25) is 4.79 Å². The molecule has 0 spiro atoms. The Morgan fingerprint density at radius 1 is 1.41 bits per heavy atom. The Morgan fingerprint density at radius 2 is 2.14 bits per heavy atom. The zero-order valence-electron chi connectivity index (χ0n) is 11.8. The van der Waals surface area contributed by atoms with Gasteiger partial charge in [-0.05, 0) is 18.2 Å². The van der Waals surface area contributed by atoms with Crippen molar-refractivity contribution in [2.24, 2.45) is 0 Å². The van der Waals surface area contributed by atoms with Gasteiger partial charge in [0, 0.05) is 25.0 Å². The molecule has 22 heavy (non-hydrogen) atoms. The van der Waals surface area contributed by atoms with Crippen molar-refractivity contribution in [3.8, 4) is 0 Å². The van der Waals surface area contributed by atoms with Gasteiger partial charge < -0.3 is 14.7 Å². The number of carbonyl (C=O) groups excluding carboxylic acids is 1. The average molecular weight is 331 g/mol. The summed E-state index contributed by atoms with van der Waals surface area (Å²) in [6.07, 6.45) is -0.0636. The van der Waals surface area contributed by atoms with Crippen LogP contribution in [0.3, 0.4) is 0 Å². The van der Waals surface area contributed by atoms with Crippen molar-refractivity contribution < 1.29 is 28.2 Å². The maximum Gasteiger partial charge on any atom is 0.326 e. The molecule has 1 aliphatic rings. The summed E-state index contributed by atoms with van der Waals surface area (Å²) in [4.78, 5) is 25.0. The topological polar surface area (TPSA) is 66.8 Å². The van der Waals surface area contributed by atoms with E-state index in [1.54, 1.807) is 0 Å². The Bertz CT molecular complexity index is 584. The molecule has 0 aromatic heterocycles.